The van der Waals surface area contributed by atoms with Crippen LogP contribution < -0.4 is 0 Å². The highest BCUT2D eigenvalue weighted by atomic mass is 35.5. The average Bonchev–Trinajstić information content (AvgIpc) is 3.08. The van der Waals surface area contributed by atoms with Gasteiger partial charge in [-0.1, -0.05) is 42.0 Å². The molecule has 6 heteroatoms. The molecule has 1 aromatic heterocycles. The standard InChI is InChI=1S/C18H12Cl2N2O2/c19-11-5-1-9(2-6-11)15-13-14(18(24)21-15)16(22-17(13)23)10-3-7-12(20)8-4-10/h1-7,12,21,24H,8H2. The zero-order valence-electron chi connectivity index (χ0n) is 12.4. The summed E-state index contributed by atoms with van der Waals surface area (Å²) >= 11 is 12.0. The maximum atomic E-state index is 12.4. The van der Waals surface area contributed by atoms with E-state index in [1.54, 1.807) is 24.3 Å². The van der Waals surface area contributed by atoms with Gasteiger partial charge in [0.15, 0.2) is 5.88 Å². The lowest BCUT2D eigenvalue weighted by atomic mass is 9.96. The topological polar surface area (TPSA) is 65.4 Å². The van der Waals surface area contributed by atoms with Gasteiger partial charge in [-0.05, 0) is 29.7 Å². The molecular formula is C18H12Cl2N2O2. The molecular weight excluding hydrogens is 347 g/mol. The number of hydrogen-bond donors (Lipinski definition) is 2. The summed E-state index contributed by atoms with van der Waals surface area (Å²) in [6, 6.07) is 7.04. The SMILES string of the molecule is O=C1N=C(C2=CCC(Cl)C=C2)c2c(O)[nH]c(-c3ccc(Cl)cc3)c21. The quantitative estimate of drug-likeness (QED) is 0.777. The number of fused-ring (bicyclic) bond motifs is 1. The summed E-state index contributed by atoms with van der Waals surface area (Å²) in [7, 11) is 0. The minimum absolute atomic E-state index is 0.0598. The molecule has 1 aliphatic carbocycles. The highest BCUT2D eigenvalue weighted by Crippen LogP contribution is 2.38. The van der Waals surface area contributed by atoms with E-state index in [0.29, 0.717) is 34.0 Å². The number of aromatic hydroxyl groups is 1. The second kappa shape index (κ2) is 5.65. The van der Waals surface area contributed by atoms with E-state index in [4.69, 9.17) is 23.2 Å². The Bertz CT molecular complexity index is 937. The number of carbonyl (C=O) groups is 1. The highest BCUT2D eigenvalue weighted by Gasteiger charge is 2.34. The minimum Gasteiger partial charge on any atom is -0.494 e. The van der Waals surface area contributed by atoms with Crippen LogP contribution in [0.2, 0.25) is 5.02 Å². The Morgan fingerprint density at radius 1 is 1.21 bits per heavy atom. The van der Waals surface area contributed by atoms with Gasteiger partial charge in [-0.15, -0.1) is 11.6 Å². The van der Waals surface area contributed by atoms with Crippen LogP contribution in [0.3, 0.4) is 0 Å². The third kappa shape index (κ3) is 2.39. The van der Waals surface area contributed by atoms with Crippen LogP contribution in [0.4, 0.5) is 0 Å². The number of aliphatic imine (C=N–C) groups is 1. The van der Waals surface area contributed by atoms with E-state index < -0.39 is 0 Å². The van der Waals surface area contributed by atoms with Crippen LogP contribution in [-0.4, -0.2) is 27.1 Å². The number of nitrogens with zero attached hydrogens (tertiary/aromatic N) is 1. The van der Waals surface area contributed by atoms with E-state index in [-0.39, 0.29) is 17.2 Å². The van der Waals surface area contributed by atoms with Gasteiger partial charge in [-0.2, -0.15) is 0 Å². The van der Waals surface area contributed by atoms with Gasteiger partial charge in [0.1, 0.15) is 0 Å². The molecule has 1 atom stereocenters. The Hall–Kier alpha value is -2.30. The molecule has 0 spiro atoms. The van der Waals surface area contributed by atoms with Crippen molar-refractivity contribution in [1.29, 1.82) is 0 Å². The summed E-state index contributed by atoms with van der Waals surface area (Å²) in [5.41, 5.74) is 3.38. The first-order valence-electron chi connectivity index (χ1n) is 7.41. The molecule has 120 valence electrons. The number of hydrogen-bond acceptors (Lipinski definition) is 2. The highest BCUT2D eigenvalue weighted by molar-refractivity contribution is 6.32. The number of benzene rings is 1. The normalized spacial score (nSPS) is 19.2. The number of aromatic nitrogens is 1. The number of allylic oxidation sites excluding steroid dienone is 4. The summed E-state index contributed by atoms with van der Waals surface area (Å²) in [4.78, 5) is 19.5. The molecule has 2 aliphatic rings. The fourth-order valence-electron chi connectivity index (χ4n) is 2.96. The number of H-pyrrole nitrogens is 1. The first-order chi connectivity index (χ1) is 11.5. The van der Waals surface area contributed by atoms with E-state index in [1.807, 2.05) is 18.2 Å². The average molecular weight is 359 g/mol. The second-order valence-corrected chi connectivity index (χ2v) is 6.64. The van der Waals surface area contributed by atoms with Crippen molar-refractivity contribution in [2.45, 2.75) is 11.8 Å². The number of carbonyl (C=O) groups excluding carboxylic acids is 1. The van der Waals surface area contributed by atoms with Gasteiger partial charge < -0.3 is 10.1 Å². The van der Waals surface area contributed by atoms with E-state index in [0.717, 1.165) is 11.1 Å². The van der Waals surface area contributed by atoms with E-state index >= 15 is 0 Å². The third-order valence-corrected chi connectivity index (χ3v) is 4.67. The molecule has 4 nitrogen and oxygen atoms in total. The number of halogens is 2. The van der Waals surface area contributed by atoms with Crippen molar-refractivity contribution in [2.24, 2.45) is 4.99 Å². The number of amides is 1. The largest absolute Gasteiger partial charge is 0.494 e. The molecule has 24 heavy (non-hydrogen) atoms. The molecule has 2 N–H and O–H groups in total. The number of nitrogens with one attached hydrogen (secondary N) is 1. The predicted octanol–water partition coefficient (Wildman–Crippen LogP) is 4.48. The maximum absolute atomic E-state index is 12.4. The number of rotatable bonds is 2. The number of aromatic amines is 1. The molecule has 0 saturated heterocycles. The molecule has 0 radical (unpaired) electrons. The van der Waals surface area contributed by atoms with Crippen LogP contribution in [0.15, 0.2) is 53.1 Å². The second-order valence-electron chi connectivity index (χ2n) is 5.64. The summed E-state index contributed by atoms with van der Waals surface area (Å²) in [5, 5.41) is 10.9. The van der Waals surface area contributed by atoms with Crippen molar-refractivity contribution < 1.29 is 9.90 Å². The Morgan fingerprint density at radius 3 is 2.62 bits per heavy atom. The van der Waals surface area contributed by atoms with E-state index in [9.17, 15) is 9.90 Å². The third-order valence-electron chi connectivity index (χ3n) is 4.10. The van der Waals surface area contributed by atoms with Crippen molar-refractivity contribution >= 4 is 34.8 Å². The molecule has 2 aromatic rings. The van der Waals surface area contributed by atoms with Crippen LogP contribution in [0.5, 0.6) is 5.88 Å². The fourth-order valence-corrected chi connectivity index (χ4v) is 3.24. The summed E-state index contributed by atoms with van der Waals surface area (Å²) in [5.74, 6) is -0.439. The zero-order valence-corrected chi connectivity index (χ0v) is 13.9. The Labute approximate surface area is 148 Å². The van der Waals surface area contributed by atoms with Gasteiger partial charge in [-0.3, -0.25) is 4.79 Å². The molecule has 0 fully saturated rings. The lowest BCUT2D eigenvalue weighted by Gasteiger charge is -2.10. The molecule has 0 saturated carbocycles. The van der Waals surface area contributed by atoms with Crippen LogP contribution in [0, 0.1) is 0 Å². The first kappa shape index (κ1) is 15.2. The van der Waals surface area contributed by atoms with Crippen LogP contribution in [0.25, 0.3) is 11.3 Å². The van der Waals surface area contributed by atoms with Gasteiger partial charge >= 0.3 is 0 Å². The first-order valence-corrected chi connectivity index (χ1v) is 8.23. The van der Waals surface area contributed by atoms with Gasteiger partial charge in [0, 0.05) is 5.02 Å². The Balaban J connectivity index is 1.82. The molecule has 4 rings (SSSR count). The zero-order chi connectivity index (χ0) is 16.8. The molecule has 1 aromatic carbocycles. The van der Waals surface area contributed by atoms with Crippen LogP contribution in [-0.2, 0) is 0 Å². The van der Waals surface area contributed by atoms with Crippen molar-refractivity contribution in [3.05, 3.63) is 64.2 Å². The number of alkyl halides is 1. The Morgan fingerprint density at radius 2 is 1.96 bits per heavy atom. The molecule has 0 bridgehead atoms. The van der Waals surface area contributed by atoms with Gasteiger partial charge in [0.25, 0.3) is 5.91 Å². The Kier molecular flexibility index (Phi) is 3.59. The van der Waals surface area contributed by atoms with E-state index in [1.165, 1.54) is 0 Å². The van der Waals surface area contributed by atoms with Crippen LogP contribution in [0.1, 0.15) is 22.3 Å². The van der Waals surface area contributed by atoms with Gasteiger partial charge in [-0.25, -0.2) is 4.99 Å². The lowest BCUT2D eigenvalue weighted by Crippen LogP contribution is -2.06. The van der Waals surface area contributed by atoms with Crippen molar-refractivity contribution in [1.82, 2.24) is 4.98 Å². The molecule has 1 aliphatic heterocycles. The maximum Gasteiger partial charge on any atom is 0.280 e. The van der Waals surface area contributed by atoms with Gasteiger partial charge in [0.2, 0.25) is 0 Å². The molecule has 2 heterocycles. The van der Waals surface area contributed by atoms with E-state index in [2.05, 4.69) is 9.98 Å². The predicted molar refractivity (Wildman–Crippen MR) is 95.3 cm³/mol. The smallest absolute Gasteiger partial charge is 0.280 e. The lowest BCUT2D eigenvalue weighted by molar-refractivity contribution is 0.101. The summed E-state index contributed by atoms with van der Waals surface area (Å²) < 4.78 is 0. The van der Waals surface area contributed by atoms with Crippen LogP contribution >= 0.6 is 23.2 Å². The van der Waals surface area contributed by atoms with Crippen molar-refractivity contribution in [3.63, 3.8) is 0 Å². The van der Waals surface area contributed by atoms with Crippen molar-refractivity contribution in [2.75, 3.05) is 0 Å². The van der Waals surface area contributed by atoms with Gasteiger partial charge in [0.05, 0.1) is 27.9 Å². The molecule has 1 unspecified atom stereocenters. The summed E-state index contributed by atoms with van der Waals surface area (Å²) in [6.07, 6.45) is 6.26. The minimum atomic E-state index is -0.371. The summed E-state index contributed by atoms with van der Waals surface area (Å²) in [6.45, 7) is 0. The molecule has 1 amide bonds. The fraction of sp³-hybridized carbons (Fsp3) is 0.111. The monoisotopic (exact) mass is 358 g/mol. The van der Waals surface area contributed by atoms with Crippen molar-refractivity contribution in [3.8, 4) is 17.1 Å².